The average molecular weight is 274 g/mol. The minimum absolute atomic E-state index is 0.0346. The molecule has 1 aromatic carbocycles. The lowest BCUT2D eigenvalue weighted by Crippen LogP contribution is -1.88. The Labute approximate surface area is 113 Å². The highest BCUT2D eigenvalue weighted by molar-refractivity contribution is 5.87. The summed E-state index contributed by atoms with van der Waals surface area (Å²) in [5.74, 6) is -0.713. The van der Waals surface area contributed by atoms with Crippen molar-refractivity contribution in [3.8, 4) is 11.3 Å². The van der Waals surface area contributed by atoms with E-state index in [1.165, 1.54) is 30.3 Å². The van der Waals surface area contributed by atoms with E-state index in [1.807, 2.05) is 0 Å². The molecule has 0 fully saturated rings. The molecule has 0 saturated heterocycles. The van der Waals surface area contributed by atoms with Crippen LogP contribution in [0.25, 0.3) is 17.4 Å². The van der Waals surface area contributed by atoms with Crippen molar-refractivity contribution in [1.82, 2.24) is 5.16 Å². The minimum Gasteiger partial charge on any atom is -0.478 e. The summed E-state index contributed by atoms with van der Waals surface area (Å²) in [4.78, 5) is 20.7. The van der Waals surface area contributed by atoms with Gasteiger partial charge < -0.3 is 9.63 Å². The molecule has 1 N–H and O–H groups in total. The number of nitro benzene ring substituents is 1. The highest BCUT2D eigenvalue weighted by Gasteiger charge is 2.14. The molecule has 2 rings (SSSR count). The molecule has 2 aromatic rings. The van der Waals surface area contributed by atoms with Crippen molar-refractivity contribution in [1.29, 1.82) is 0 Å². The lowest BCUT2D eigenvalue weighted by atomic mass is 10.1. The summed E-state index contributed by atoms with van der Waals surface area (Å²) in [6.07, 6.45) is 2.36. The standard InChI is InChI=1S/C13H10N2O5/c1-8-11(6-7-12(16)17)13(20-14-8)9-2-4-10(5-3-9)15(18)19/h2-7H,1H3,(H,16,17). The summed E-state index contributed by atoms with van der Waals surface area (Å²) in [6.45, 7) is 1.68. The fourth-order valence-electron chi connectivity index (χ4n) is 1.67. The second-order valence-electron chi connectivity index (χ2n) is 3.99. The molecule has 0 amide bonds. The molecule has 0 aliphatic heterocycles. The van der Waals surface area contributed by atoms with Crippen molar-refractivity contribution < 1.29 is 19.3 Å². The van der Waals surface area contributed by atoms with E-state index < -0.39 is 10.9 Å². The number of aryl methyl sites for hydroxylation is 1. The second kappa shape index (κ2) is 5.35. The number of carboxylic acid groups (broad SMARTS) is 1. The normalized spacial score (nSPS) is 10.8. The third kappa shape index (κ3) is 2.72. The number of hydrogen-bond donors (Lipinski definition) is 1. The Morgan fingerprint density at radius 2 is 2.05 bits per heavy atom. The SMILES string of the molecule is Cc1noc(-c2ccc([N+](=O)[O-])cc2)c1C=CC(=O)O. The molecule has 0 saturated carbocycles. The van der Waals surface area contributed by atoms with E-state index in [0.717, 1.165) is 6.08 Å². The van der Waals surface area contributed by atoms with Crippen molar-refractivity contribution >= 4 is 17.7 Å². The smallest absolute Gasteiger partial charge is 0.328 e. The number of hydrogen-bond acceptors (Lipinski definition) is 5. The molecular formula is C13H10N2O5. The highest BCUT2D eigenvalue weighted by Crippen LogP contribution is 2.28. The van der Waals surface area contributed by atoms with E-state index in [4.69, 9.17) is 9.63 Å². The first-order chi connectivity index (χ1) is 9.49. The number of carboxylic acids is 1. The van der Waals surface area contributed by atoms with Gasteiger partial charge in [0, 0.05) is 29.3 Å². The molecule has 7 heteroatoms. The molecule has 1 aromatic heterocycles. The molecule has 102 valence electrons. The molecule has 20 heavy (non-hydrogen) atoms. The van der Waals surface area contributed by atoms with Crippen LogP contribution in [-0.4, -0.2) is 21.2 Å². The van der Waals surface area contributed by atoms with E-state index in [1.54, 1.807) is 6.92 Å². The Balaban J connectivity index is 2.42. The fraction of sp³-hybridized carbons (Fsp3) is 0.0769. The molecule has 1 heterocycles. The number of aliphatic carboxylic acids is 1. The van der Waals surface area contributed by atoms with Gasteiger partial charge in [-0.05, 0) is 25.1 Å². The molecule has 0 spiro atoms. The van der Waals surface area contributed by atoms with E-state index in [2.05, 4.69) is 5.16 Å². The number of nitro groups is 1. The monoisotopic (exact) mass is 274 g/mol. The number of carbonyl (C=O) groups is 1. The van der Waals surface area contributed by atoms with Crippen molar-refractivity contribution in [2.45, 2.75) is 6.92 Å². The van der Waals surface area contributed by atoms with Crippen LogP contribution in [0.1, 0.15) is 11.3 Å². The Morgan fingerprint density at radius 3 is 2.60 bits per heavy atom. The molecular weight excluding hydrogens is 264 g/mol. The summed E-state index contributed by atoms with van der Waals surface area (Å²) in [5, 5.41) is 23.0. The van der Waals surface area contributed by atoms with Gasteiger partial charge in [0.05, 0.1) is 10.6 Å². The molecule has 0 aliphatic carbocycles. The van der Waals surface area contributed by atoms with Gasteiger partial charge in [-0.25, -0.2) is 4.79 Å². The largest absolute Gasteiger partial charge is 0.478 e. The predicted molar refractivity (Wildman–Crippen MR) is 70.0 cm³/mol. The van der Waals surface area contributed by atoms with Crippen molar-refractivity contribution in [3.05, 3.63) is 51.7 Å². The Morgan fingerprint density at radius 1 is 1.40 bits per heavy atom. The van der Waals surface area contributed by atoms with Gasteiger partial charge >= 0.3 is 5.97 Å². The van der Waals surface area contributed by atoms with E-state index >= 15 is 0 Å². The van der Waals surface area contributed by atoms with Crippen LogP contribution >= 0.6 is 0 Å². The number of nitrogens with zero attached hydrogens (tertiary/aromatic N) is 2. The van der Waals surface area contributed by atoms with E-state index in [0.29, 0.717) is 22.6 Å². The quantitative estimate of drug-likeness (QED) is 0.521. The fourth-order valence-corrected chi connectivity index (χ4v) is 1.67. The molecule has 0 bridgehead atoms. The number of rotatable bonds is 4. The summed E-state index contributed by atoms with van der Waals surface area (Å²) in [7, 11) is 0. The topological polar surface area (TPSA) is 106 Å². The van der Waals surface area contributed by atoms with Gasteiger partial charge in [-0.1, -0.05) is 5.16 Å². The average Bonchev–Trinajstić information content (AvgIpc) is 2.77. The summed E-state index contributed by atoms with van der Waals surface area (Å²) < 4.78 is 5.15. The number of non-ortho nitro benzene ring substituents is 1. The van der Waals surface area contributed by atoms with Crippen LogP contribution in [0.3, 0.4) is 0 Å². The van der Waals surface area contributed by atoms with E-state index in [9.17, 15) is 14.9 Å². The first-order valence-electron chi connectivity index (χ1n) is 5.61. The summed E-state index contributed by atoms with van der Waals surface area (Å²) in [5.41, 5.74) is 1.62. The molecule has 0 atom stereocenters. The van der Waals surface area contributed by atoms with Crippen LogP contribution in [-0.2, 0) is 4.79 Å². The zero-order valence-corrected chi connectivity index (χ0v) is 10.4. The van der Waals surface area contributed by atoms with Gasteiger partial charge in [-0.15, -0.1) is 0 Å². The van der Waals surface area contributed by atoms with Gasteiger partial charge in [0.1, 0.15) is 0 Å². The Kier molecular flexibility index (Phi) is 3.60. The first kappa shape index (κ1) is 13.5. The summed E-state index contributed by atoms with van der Waals surface area (Å²) >= 11 is 0. The lowest BCUT2D eigenvalue weighted by Gasteiger charge is -1.98. The van der Waals surface area contributed by atoms with Crippen LogP contribution in [0.15, 0.2) is 34.9 Å². The van der Waals surface area contributed by atoms with Crippen LogP contribution in [0, 0.1) is 17.0 Å². The van der Waals surface area contributed by atoms with Gasteiger partial charge in [0.15, 0.2) is 5.76 Å². The zero-order valence-electron chi connectivity index (χ0n) is 10.4. The van der Waals surface area contributed by atoms with Crippen molar-refractivity contribution in [2.24, 2.45) is 0 Å². The molecule has 0 radical (unpaired) electrons. The van der Waals surface area contributed by atoms with Gasteiger partial charge in [0.2, 0.25) is 0 Å². The second-order valence-corrected chi connectivity index (χ2v) is 3.99. The maximum absolute atomic E-state index is 10.6. The van der Waals surface area contributed by atoms with E-state index in [-0.39, 0.29) is 5.69 Å². The van der Waals surface area contributed by atoms with Crippen molar-refractivity contribution in [3.63, 3.8) is 0 Å². The molecule has 0 unspecified atom stereocenters. The van der Waals surface area contributed by atoms with Crippen LogP contribution in [0.5, 0.6) is 0 Å². The molecule has 0 aliphatic rings. The van der Waals surface area contributed by atoms with Crippen LogP contribution in [0.2, 0.25) is 0 Å². The van der Waals surface area contributed by atoms with Gasteiger partial charge in [0.25, 0.3) is 5.69 Å². The number of aromatic nitrogens is 1. The van der Waals surface area contributed by atoms with Gasteiger partial charge in [-0.3, -0.25) is 10.1 Å². The third-order valence-corrected chi connectivity index (χ3v) is 2.64. The van der Waals surface area contributed by atoms with Crippen LogP contribution in [0.4, 0.5) is 5.69 Å². The van der Waals surface area contributed by atoms with Crippen LogP contribution < -0.4 is 0 Å². The predicted octanol–water partition coefficient (Wildman–Crippen LogP) is 2.66. The van der Waals surface area contributed by atoms with Crippen molar-refractivity contribution in [2.75, 3.05) is 0 Å². The Hall–Kier alpha value is -2.96. The zero-order chi connectivity index (χ0) is 14.7. The molecule has 7 nitrogen and oxygen atoms in total. The van der Waals surface area contributed by atoms with Gasteiger partial charge in [-0.2, -0.15) is 0 Å². The number of benzene rings is 1. The first-order valence-corrected chi connectivity index (χ1v) is 5.61. The maximum atomic E-state index is 10.6. The summed E-state index contributed by atoms with van der Waals surface area (Å²) in [6, 6.07) is 5.74. The maximum Gasteiger partial charge on any atom is 0.328 e. The highest BCUT2D eigenvalue weighted by atomic mass is 16.6. The third-order valence-electron chi connectivity index (χ3n) is 2.64. The lowest BCUT2D eigenvalue weighted by molar-refractivity contribution is -0.384. The minimum atomic E-state index is -1.08. The Bertz CT molecular complexity index is 685.